The lowest BCUT2D eigenvalue weighted by Gasteiger charge is -2.25. The molecule has 0 amide bonds. The summed E-state index contributed by atoms with van der Waals surface area (Å²) in [5.41, 5.74) is -1.33. The van der Waals surface area contributed by atoms with Gasteiger partial charge in [-0.1, -0.05) is 0 Å². The molecule has 0 radical (unpaired) electrons. The Labute approximate surface area is 102 Å². The summed E-state index contributed by atoms with van der Waals surface area (Å²) < 4.78 is 9.77. The van der Waals surface area contributed by atoms with E-state index < -0.39 is 23.5 Å². The molecule has 0 saturated carbocycles. The summed E-state index contributed by atoms with van der Waals surface area (Å²) in [4.78, 5) is 23.6. The van der Waals surface area contributed by atoms with E-state index in [0.717, 1.165) is 0 Å². The molecule has 1 atom stereocenters. The molecule has 17 heavy (non-hydrogen) atoms. The Morgan fingerprint density at radius 2 is 1.59 bits per heavy atom. The fraction of sp³-hybridized carbons (Fsp3) is 0.833. The largest absolute Gasteiger partial charge is 0.465 e. The second-order valence-corrected chi connectivity index (χ2v) is 4.16. The van der Waals surface area contributed by atoms with E-state index in [-0.39, 0.29) is 19.6 Å². The molecule has 0 saturated heterocycles. The highest BCUT2D eigenvalue weighted by atomic mass is 16.6. The third-order valence-electron chi connectivity index (χ3n) is 2.51. The fourth-order valence-electron chi connectivity index (χ4n) is 1.37. The molecule has 0 aliphatic carbocycles. The molecule has 100 valence electrons. The summed E-state index contributed by atoms with van der Waals surface area (Å²) >= 11 is 0. The number of ether oxygens (including phenoxy) is 2. The topological polar surface area (TPSA) is 72.8 Å². The number of aliphatic hydroxyl groups excluding tert-OH is 1. The summed E-state index contributed by atoms with van der Waals surface area (Å²) in [6, 6.07) is 0. The van der Waals surface area contributed by atoms with Crippen LogP contribution < -0.4 is 0 Å². The molecule has 0 fully saturated rings. The van der Waals surface area contributed by atoms with Crippen molar-refractivity contribution in [3.05, 3.63) is 0 Å². The van der Waals surface area contributed by atoms with E-state index in [4.69, 9.17) is 9.47 Å². The lowest BCUT2D eigenvalue weighted by atomic mass is 9.84. The normalized spacial score (nSPS) is 13.0. The average molecular weight is 246 g/mol. The number of carbonyl (C=O) groups excluding carboxylic acids is 2. The molecule has 1 N–H and O–H groups in total. The summed E-state index contributed by atoms with van der Waals surface area (Å²) in [6.45, 7) is 6.88. The van der Waals surface area contributed by atoms with Crippen LogP contribution in [0.1, 0.15) is 40.5 Å². The first kappa shape index (κ1) is 15.9. The Hall–Kier alpha value is -1.10. The first-order chi connectivity index (χ1) is 7.88. The van der Waals surface area contributed by atoms with Gasteiger partial charge in [-0.25, -0.2) is 0 Å². The minimum atomic E-state index is -1.33. The van der Waals surface area contributed by atoms with E-state index in [2.05, 4.69) is 0 Å². The lowest BCUT2D eigenvalue weighted by molar-refractivity contribution is -0.171. The van der Waals surface area contributed by atoms with Gasteiger partial charge in [0.2, 0.25) is 0 Å². The van der Waals surface area contributed by atoms with Gasteiger partial charge in [-0.2, -0.15) is 0 Å². The molecule has 5 heteroatoms. The van der Waals surface area contributed by atoms with Crippen molar-refractivity contribution < 1.29 is 24.2 Å². The predicted octanol–water partition coefficient (Wildman–Crippen LogP) is 1.28. The number of carbonyl (C=O) groups is 2. The second-order valence-electron chi connectivity index (χ2n) is 4.16. The zero-order chi connectivity index (χ0) is 13.5. The molecule has 0 spiro atoms. The Kier molecular flexibility index (Phi) is 6.80. The molecule has 0 heterocycles. The van der Waals surface area contributed by atoms with Crippen LogP contribution in [0, 0.1) is 5.41 Å². The van der Waals surface area contributed by atoms with Crippen molar-refractivity contribution in [2.75, 3.05) is 13.2 Å². The lowest BCUT2D eigenvalue weighted by Crippen LogP contribution is -2.40. The summed E-state index contributed by atoms with van der Waals surface area (Å²) in [7, 11) is 0. The van der Waals surface area contributed by atoms with Crippen molar-refractivity contribution in [2.45, 2.75) is 46.6 Å². The highest BCUT2D eigenvalue weighted by Crippen LogP contribution is 2.28. The molecule has 0 aromatic carbocycles. The van der Waals surface area contributed by atoms with Crippen LogP contribution in [-0.4, -0.2) is 36.4 Å². The second kappa shape index (κ2) is 7.27. The Morgan fingerprint density at radius 1 is 1.18 bits per heavy atom. The maximum Gasteiger partial charge on any atom is 0.323 e. The molecule has 0 bridgehead atoms. The van der Waals surface area contributed by atoms with Gasteiger partial charge >= 0.3 is 11.9 Å². The number of aliphatic hydroxyl groups is 1. The smallest absolute Gasteiger partial charge is 0.323 e. The monoisotopic (exact) mass is 246 g/mol. The van der Waals surface area contributed by atoms with E-state index in [0.29, 0.717) is 6.42 Å². The van der Waals surface area contributed by atoms with Crippen LogP contribution in [0.3, 0.4) is 0 Å². The Bertz CT molecular complexity index is 242. The summed E-state index contributed by atoms with van der Waals surface area (Å²) in [5, 5.41) is 9.23. The Morgan fingerprint density at radius 3 is 1.88 bits per heavy atom. The van der Waals surface area contributed by atoms with Gasteiger partial charge in [0.25, 0.3) is 0 Å². The molecule has 5 nitrogen and oxygen atoms in total. The third-order valence-corrected chi connectivity index (χ3v) is 2.51. The van der Waals surface area contributed by atoms with Crippen molar-refractivity contribution in [3.8, 4) is 0 Å². The van der Waals surface area contributed by atoms with Crippen molar-refractivity contribution >= 4 is 11.9 Å². The van der Waals surface area contributed by atoms with Gasteiger partial charge in [-0.3, -0.25) is 9.59 Å². The zero-order valence-corrected chi connectivity index (χ0v) is 11.0. The average Bonchev–Trinajstić information content (AvgIpc) is 2.26. The van der Waals surface area contributed by atoms with Gasteiger partial charge in [0.05, 0.1) is 19.3 Å². The minimum absolute atomic E-state index is 0.211. The van der Waals surface area contributed by atoms with Gasteiger partial charge in [0, 0.05) is 0 Å². The standard InChI is InChI=1S/C12H22O5/c1-5-16-10(14)12(4,8-7-9(3)13)11(15)17-6-2/h9,13H,5-8H2,1-4H3. The highest BCUT2D eigenvalue weighted by molar-refractivity contribution is 5.99. The van der Waals surface area contributed by atoms with Crippen LogP contribution in [0.5, 0.6) is 0 Å². The van der Waals surface area contributed by atoms with E-state index in [1.165, 1.54) is 6.92 Å². The van der Waals surface area contributed by atoms with Crippen molar-refractivity contribution in [3.63, 3.8) is 0 Å². The molecule has 0 rings (SSSR count). The number of rotatable bonds is 7. The van der Waals surface area contributed by atoms with E-state index in [1.54, 1.807) is 20.8 Å². The van der Waals surface area contributed by atoms with Crippen LogP contribution in [0.4, 0.5) is 0 Å². The third kappa shape index (κ3) is 4.73. The summed E-state index contributed by atoms with van der Waals surface area (Å²) in [6.07, 6.45) is -0.0191. The first-order valence-corrected chi connectivity index (χ1v) is 5.91. The Balaban J connectivity index is 4.79. The number of esters is 2. The highest BCUT2D eigenvalue weighted by Gasteiger charge is 2.43. The number of hydrogen-bond acceptors (Lipinski definition) is 5. The molecular formula is C12H22O5. The van der Waals surface area contributed by atoms with Crippen molar-refractivity contribution in [1.29, 1.82) is 0 Å². The van der Waals surface area contributed by atoms with Gasteiger partial charge in [-0.05, 0) is 40.5 Å². The van der Waals surface area contributed by atoms with Crippen LogP contribution in [0.15, 0.2) is 0 Å². The molecule has 0 aromatic heterocycles. The van der Waals surface area contributed by atoms with Crippen LogP contribution in [0.25, 0.3) is 0 Å². The van der Waals surface area contributed by atoms with Gasteiger partial charge in [-0.15, -0.1) is 0 Å². The predicted molar refractivity (Wildman–Crippen MR) is 62.3 cm³/mol. The molecule has 0 aliphatic rings. The van der Waals surface area contributed by atoms with Crippen LogP contribution >= 0.6 is 0 Å². The van der Waals surface area contributed by atoms with Crippen LogP contribution in [-0.2, 0) is 19.1 Å². The minimum Gasteiger partial charge on any atom is -0.465 e. The van der Waals surface area contributed by atoms with Crippen LogP contribution in [0.2, 0.25) is 0 Å². The van der Waals surface area contributed by atoms with Gasteiger partial charge in [0.1, 0.15) is 0 Å². The van der Waals surface area contributed by atoms with Crippen molar-refractivity contribution in [2.24, 2.45) is 5.41 Å². The summed E-state index contributed by atoms with van der Waals surface area (Å²) in [5.74, 6) is -1.20. The zero-order valence-electron chi connectivity index (χ0n) is 11.0. The van der Waals surface area contributed by atoms with E-state index >= 15 is 0 Å². The van der Waals surface area contributed by atoms with E-state index in [9.17, 15) is 14.7 Å². The van der Waals surface area contributed by atoms with Gasteiger partial charge in [0.15, 0.2) is 5.41 Å². The maximum atomic E-state index is 11.8. The van der Waals surface area contributed by atoms with E-state index in [1.807, 2.05) is 0 Å². The van der Waals surface area contributed by atoms with Crippen molar-refractivity contribution in [1.82, 2.24) is 0 Å². The quantitative estimate of drug-likeness (QED) is 0.541. The molecule has 0 aliphatic heterocycles. The SMILES string of the molecule is CCOC(=O)C(C)(CCC(C)O)C(=O)OCC. The maximum absolute atomic E-state index is 11.8. The van der Waals surface area contributed by atoms with Gasteiger partial charge < -0.3 is 14.6 Å². The fourth-order valence-corrected chi connectivity index (χ4v) is 1.37. The molecular weight excluding hydrogens is 224 g/mol. The first-order valence-electron chi connectivity index (χ1n) is 5.91. The number of hydrogen-bond donors (Lipinski definition) is 1. The molecule has 0 aromatic rings. The molecule has 1 unspecified atom stereocenters.